The van der Waals surface area contributed by atoms with Gasteiger partial charge in [-0.3, -0.25) is 0 Å². The van der Waals surface area contributed by atoms with Gasteiger partial charge in [-0.2, -0.15) is 0 Å². The first-order chi connectivity index (χ1) is 8.70. The van der Waals surface area contributed by atoms with Gasteiger partial charge in [-0.05, 0) is 31.7 Å². The van der Waals surface area contributed by atoms with Crippen LogP contribution in [0.1, 0.15) is 16.9 Å². The zero-order valence-corrected chi connectivity index (χ0v) is 12.2. The highest BCUT2D eigenvalue weighted by Gasteiger charge is 2.25. The lowest BCUT2D eigenvalue weighted by atomic mass is 10.2. The molecule has 3 nitrogen and oxygen atoms in total. The second-order valence-electron chi connectivity index (χ2n) is 4.92. The maximum atomic E-state index is 5.96. The molecule has 96 valence electrons. The van der Waals surface area contributed by atoms with Gasteiger partial charge in [0.2, 0.25) is 0 Å². The summed E-state index contributed by atoms with van der Waals surface area (Å²) in [5.74, 6) is 2.43. The molecule has 2 aromatic rings. The number of halogens is 1. The van der Waals surface area contributed by atoms with Crippen molar-refractivity contribution >= 4 is 39.0 Å². The van der Waals surface area contributed by atoms with Crippen molar-refractivity contribution in [2.24, 2.45) is 5.92 Å². The molecule has 2 aromatic heterocycles. The Morgan fingerprint density at radius 3 is 3.00 bits per heavy atom. The highest BCUT2D eigenvalue weighted by Crippen LogP contribution is 2.36. The molecule has 1 saturated heterocycles. The lowest BCUT2D eigenvalue weighted by Gasteiger charge is -2.18. The summed E-state index contributed by atoms with van der Waals surface area (Å²) in [5.41, 5.74) is 1.32. The minimum atomic E-state index is 0.594. The predicted molar refractivity (Wildman–Crippen MR) is 77.9 cm³/mol. The summed E-state index contributed by atoms with van der Waals surface area (Å²) in [6, 6.07) is 0. The number of rotatable bonds is 2. The zero-order chi connectivity index (χ0) is 12.7. The summed E-state index contributed by atoms with van der Waals surface area (Å²) >= 11 is 7.71. The summed E-state index contributed by atoms with van der Waals surface area (Å²) in [6.45, 7) is 6.38. The minimum absolute atomic E-state index is 0.594. The fourth-order valence-corrected chi connectivity index (χ4v) is 3.80. The van der Waals surface area contributed by atoms with Crippen molar-refractivity contribution in [2.45, 2.75) is 20.3 Å². The molecule has 0 N–H and O–H groups in total. The summed E-state index contributed by atoms with van der Waals surface area (Å²) in [7, 11) is 0. The summed E-state index contributed by atoms with van der Waals surface area (Å²) in [6.07, 6.45) is 2.85. The molecule has 0 aliphatic carbocycles. The molecule has 0 aromatic carbocycles. The lowest BCUT2D eigenvalue weighted by Crippen LogP contribution is -2.21. The van der Waals surface area contributed by atoms with Crippen LogP contribution in [-0.2, 0) is 0 Å². The van der Waals surface area contributed by atoms with E-state index in [0.29, 0.717) is 5.92 Å². The van der Waals surface area contributed by atoms with Crippen LogP contribution in [0.15, 0.2) is 6.33 Å². The Kier molecular flexibility index (Phi) is 3.16. The van der Waals surface area contributed by atoms with Crippen molar-refractivity contribution in [3.63, 3.8) is 0 Å². The van der Waals surface area contributed by atoms with Crippen LogP contribution in [0.4, 0.5) is 5.82 Å². The van der Waals surface area contributed by atoms with Gasteiger partial charge in [0, 0.05) is 23.8 Å². The minimum Gasteiger partial charge on any atom is -0.356 e. The van der Waals surface area contributed by atoms with Gasteiger partial charge in [-0.25, -0.2) is 9.97 Å². The second-order valence-corrected chi connectivity index (χ2v) is 6.43. The van der Waals surface area contributed by atoms with E-state index in [9.17, 15) is 0 Å². The van der Waals surface area contributed by atoms with Crippen LogP contribution in [0, 0.1) is 19.8 Å². The summed E-state index contributed by atoms with van der Waals surface area (Å²) < 4.78 is 0. The van der Waals surface area contributed by atoms with Crippen LogP contribution >= 0.6 is 22.9 Å². The van der Waals surface area contributed by atoms with E-state index in [-0.39, 0.29) is 0 Å². The Morgan fingerprint density at radius 1 is 1.44 bits per heavy atom. The number of hydrogen-bond acceptors (Lipinski definition) is 4. The molecular weight excluding hydrogens is 266 g/mol. The van der Waals surface area contributed by atoms with Crippen molar-refractivity contribution in [1.82, 2.24) is 9.97 Å². The number of alkyl halides is 1. The first kappa shape index (κ1) is 12.2. The van der Waals surface area contributed by atoms with Gasteiger partial charge in [0.15, 0.2) is 0 Å². The van der Waals surface area contributed by atoms with Crippen LogP contribution in [0.5, 0.6) is 0 Å². The molecule has 1 unspecified atom stereocenters. The van der Waals surface area contributed by atoms with Crippen LogP contribution in [0.25, 0.3) is 10.2 Å². The molecule has 1 aliphatic heterocycles. The molecule has 18 heavy (non-hydrogen) atoms. The van der Waals surface area contributed by atoms with E-state index in [4.69, 9.17) is 11.6 Å². The summed E-state index contributed by atoms with van der Waals surface area (Å²) in [4.78, 5) is 13.7. The number of hydrogen-bond donors (Lipinski definition) is 0. The molecular formula is C13H16ClN3S. The van der Waals surface area contributed by atoms with Gasteiger partial charge in [0.25, 0.3) is 0 Å². The van der Waals surface area contributed by atoms with Crippen molar-refractivity contribution in [1.29, 1.82) is 0 Å². The normalized spacial score (nSPS) is 19.9. The summed E-state index contributed by atoms with van der Waals surface area (Å²) in [5, 5.41) is 1.23. The average molecular weight is 282 g/mol. The molecule has 3 heterocycles. The Balaban J connectivity index is 2.07. The maximum Gasteiger partial charge on any atom is 0.141 e. The lowest BCUT2D eigenvalue weighted by molar-refractivity contribution is 0.666. The number of nitrogens with zero attached hydrogens (tertiary/aromatic N) is 3. The Labute approximate surface area is 116 Å². The monoisotopic (exact) mass is 281 g/mol. The average Bonchev–Trinajstić information content (AvgIpc) is 2.95. The molecule has 3 rings (SSSR count). The van der Waals surface area contributed by atoms with Gasteiger partial charge >= 0.3 is 0 Å². The van der Waals surface area contributed by atoms with Crippen molar-refractivity contribution in [2.75, 3.05) is 23.9 Å². The molecule has 5 heteroatoms. The highest BCUT2D eigenvalue weighted by molar-refractivity contribution is 7.18. The molecule has 1 atom stereocenters. The first-order valence-corrected chi connectivity index (χ1v) is 7.57. The third-order valence-electron chi connectivity index (χ3n) is 3.75. The van der Waals surface area contributed by atoms with Gasteiger partial charge in [-0.1, -0.05) is 0 Å². The number of fused-ring (bicyclic) bond motifs is 1. The van der Waals surface area contributed by atoms with E-state index in [2.05, 4.69) is 28.7 Å². The predicted octanol–water partition coefficient (Wildman–Crippen LogP) is 3.37. The molecule has 0 spiro atoms. The number of thiophene rings is 1. The standard InChI is InChI=1S/C13H16ClN3S/c1-8-9(2)18-13-11(8)12(15-7-16-13)17-4-3-10(5-14)6-17/h7,10H,3-6H2,1-2H3. The topological polar surface area (TPSA) is 29.0 Å². The fourth-order valence-electron chi connectivity index (χ4n) is 2.55. The third kappa shape index (κ3) is 1.88. The van der Waals surface area contributed by atoms with Crippen LogP contribution in [0.2, 0.25) is 0 Å². The largest absolute Gasteiger partial charge is 0.356 e. The van der Waals surface area contributed by atoms with E-state index < -0.39 is 0 Å². The van der Waals surface area contributed by atoms with E-state index in [1.807, 2.05) is 0 Å². The SMILES string of the molecule is Cc1sc2ncnc(N3CCC(CCl)C3)c2c1C. The quantitative estimate of drug-likeness (QED) is 0.790. The van der Waals surface area contributed by atoms with Crippen molar-refractivity contribution in [3.05, 3.63) is 16.8 Å². The Hall–Kier alpha value is -0.870. The van der Waals surface area contributed by atoms with E-state index in [1.165, 1.54) is 15.8 Å². The molecule has 0 radical (unpaired) electrons. The van der Waals surface area contributed by atoms with E-state index >= 15 is 0 Å². The number of anilines is 1. The van der Waals surface area contributed by atoms with Gasteiger partial charge < -0.3 is 4.90 Å². The maximum absolute atomic E-state index is 5.96. The second kappa shape index (κ2) is 4.67. The van der Waals surface area contributed by atoms with Crippen molar-refractivity contribution in [3.8, 4) is 0 Å². The van der Waals surface area contributed by atoms with Gasteiger partial charge in [-0.15, -0.1) is 22.9 Å². The van der Waals surface area contributed by atoms with Gasteiger partial charge in [0.1, 0.15) is 17.0 Å². The van der Waals surface area contributed by atoms with Crippen LogP contribution in [0.3, 0.4) is 0 Å². The molecule has 0 bridgehead atoms. The van der Waals surface area contributed by atoms with Crippen LogP contribution in [-0.4, -0.2) is 28.9 Å². The van der Waals surface area contributed by atoms with E-state index in [0.717, 1.165) is 36.0 Å². The molecule has 0 amide bonds. The Bertz CT molecular complexity index is 581. The number of aryl methyl sites for hydroxylation is 2. The Morgan fingerprint density at radius 2 is 2.28 bits per heavy atom. The van der Waals surface area contributed by atoms with Crippen molar-refractivity contribution < 1.29 is 0 Å². The zero-order valence-electron chi connectivity index (χ0n) is 10.6. The number of aromatic nitrogens is 2. The van der Waals surface area contributed by atoms with Gasteiger partial charge in [0.05, 0.1) is 5.39 Å². The van der Waals surface area contributed by atoms with Crippen LogP contribution < -0.4 is 4.90 Å². The smallest absolute Gasteiger partial charge is 0.141 e. The third-order valence-corrected chi connectivity index (χ3v) is 5.30. The fraction of sp³-hybridized carbons (Fsp3) is 0.538. The van der Waals surface area contributed by atoms with E-state index in [1.54, 1.807) is 17.7 Å². The highest BCUT2D eigenvalue weighted by atomic mass is 35.5. The molecule has 1 fully saturated rings. The first-order valence-electron chi connectivity index (χ1n) is 6.22. The molecule has 0 saturated carbocycles. The molecule has 1 aliphatic rings.